The molecule has 0 aromatic carbocycles. The third kappa shape index (κ3) is 6.82. The molecule has 11 atom stereocenters. The number of esters is 1. The van der Waals surface area contributed by atoms with Gasteiger partial charge in [0.15, 0.2) is 6.29 Å². The van der Waals surface area contributed by atoms with E-state index in [1.165, 1.54) is 0 Å². The number of hydrogen-bond acceptors (Lipinski definition) is 14. The number of carbonyl (C=O) groups excluding carboxylic acids is 2. The molecule has 2 fully saturated rings. The van der Waals surface area contributed by atoms with E-state index in [1.807, 2.05) is 0 Å². The summed E-state index contributed by atoms with van der Waals surface area (Å²) in [5, 5.41) is 82.8. The van der Waals surface area contributed by atoms with Crippen molar-refractivity contribution in [1.82, 2.24) is 5.32 Å². The normalized spacial score (nSPS) is 39.3. The van der Waals surface area contributed by atoms with Crippen LogP contribution < -0.4 is 5.32 Å². The molecule has 0 unspecified atom stereocenters. The van der Waals surface area contributed by atoms with Crippen LogP contribution >= 0.6 is 0 Å². The molecule has 2 heterocycles. The second-order valence-electron chi connectivity index (χ2n) is 8.33. The molecule has 35 heavy (non-hydrogen) atoms. The molecule has 9 N–H and O–H groups in total. The highest BCUT2D eigenvalue weighted by Gasteiger charge is 2.56. The number of aliphatic hydroxyl groups is 7. The Morgan fingerprint density at radius 3 is 2.26 bits per heavy atom. The Labute approximate surface area is 198 Å². The maximum atomic E-state index is 11.9. The SMILES string of the molecule is CC(=O)N[C@H]1[C@H]([C@H](O)[C@H](O)COC(C)=O)O[C@@](O)(C(=O)O)C[C@@H]1O[C@H]1O[C@H](CO)[C@@H](O)[C@H](O)[C@H]1O. The topological polar surface area (TPSA) is 262 Å². The zero-order valence-electron chi connectivity index (χ0n) is 18.8. The molecule has 0 radical (unpaired) electrons. The van der Waals surface area contributed by atoms with E-state index in [0.29, 0.717) is 0 Å². The Hall–Kier alpha value is -1.99. The van der Waals surface area contributed by atoms with E-state index in [0.717, 1.165) is 13.8 Å². The molecule has 0 aromatic heterocycles. The van der Waals surface area contributed by atoms with Gasteiger partial charge in [-0.1, -0.05) is 0 Å². The van der Waals surface area contributed by atoms with Crippen molar-refractivity contribution in [3.8, 4) is 0 Å². The van der Waals surface area contributed by atoms with Gasteiger partial charge in [-0.3, -0.25) is 9.59 Å². The van der Waals surface area contributed by atoms with Crippen LogP contribution in [0.5, 0.6) is 0 Å². The van der Waals surface area contributed by atoms with Gasteiger partial charge in [0.2, 0.25) is 5.91 Å². The number of carboxylic acid groups (broad SMARTS) is 1. The second kappa shape index (κ2) is 11.8. The Bertz CT molecular complexity index is 765. The van der Waals surface area contributed by atoms with Crippen LogP contribution in [0.2, 0.25) is 0 Å². The number of aliphatic carboxylic acids is 1. The van der Waals surface area contributed by atoms with Crippen molar-refractivity contribution in [2.75, 3.05) is 13.2 Å². The summed E-state index contributed by atoms with van der Waals surface area (Å²) in [4.78, 5) is 34.6. The molecule has 0 bridgehead atoms. The quantitative estimate of drug-likeness (QED) is 0.130. The van der Waals surface area contributed by atoms with Crippen LogP contribution in [0.1, 0.15) is 20.3 Å². The van der Waals surface area contributed by atoms with Crippen molar-refractivity contribution in [2.24, 2.45) is 0 Å². The van der Waals surface area contributed by atoms with Gasteiger partial charge in [0, 0.05) is 20.3 Å². The Morgan fingerprint density at radius 2 is 1.74 bits per heavy atom. The third-order valence-corrected chi connectivity index (χ3v) is 5.61. The van der Waals surface area contributed by atoms with Crippen LogP contribution in [0.15, 0.2) is 0 Å². The molecule has 2 aliphatic heterocycles. The number of nitrogens with one attached hydrogen (secondary N) is 1. The summed E-state index contributed by atoms with van der Waals surface area (Å²) in [6, 6.07) is -1.48. The molecule has 0 aliphatic carbocycles. The maximum Gasteiger partial charge on any atom is 0.364 e. The summed E-state index contributed by atoms with van der Waals surface area (Å²) in [6.07, 6.45) is -16.9. The summed E-state index contributed by atoms with van der Waals surface area (Å²) in [7, 11) is 0. The average Bonchev–Trinajstić information content (AvgIpc) is 2.78. The number of ether oxygens (including phenoxy) is 4. The Morgan fingerprint density at radius 1 is 1.11 bits per heavy atom. The predicted molar refractivity (Wildman–Crippen MR) is 107 cm³/mol. The van der Waals surface area contributed by atoms with E-state index in [1.54, 1.807) is 0 Å². The molecule has 0 saturated carbocycles. The molecular weight excluding hydrogens is 482 g/mol. The number of carboxylic acids is 1. The van der Waals surface area contributed by atoms with Gasteiger partial charge in [-0.15, -0.1) is 0 Å². The summed E-state index contributed by atoms with van der Waals surface area (Å²) < 4.78 is 20.6. The summed E-state index contributed by atoms with van der Waals surface area (Å²) in [5.41, 5.74) is 0. The molecule has 0 spiro atoms. The molecular formula is C19H31NO15. The summed E-state index contributed by atoms with van der Waals surface area (Å²) in [5.74, 6) is -6.48. The Kier molecular flexibility index (Phi) is 9.88. The molecule has 16 heteroatoms. The average molecular weight is 513 g/mol. The van der Waals surface area contributed by atoms with Crippen molar-refractivity contribution in [2.45, 2.75) is 87.2 Å². The first-order valence-electron chi connectivity index (χ1n) is 10.6. The van der Waals surface area contributed by atoms with Crippen molar-refractivity contribution in [1.29, 1.82) is 0 Å². The van der Waals surface area contributed by atoms with E-state index >= 15 is 0 Å². The highest BCUT2D eigenvalue weighted by molar-refractivity contribution is 5.76. The van der Waals surface area contributed by atoms with Gasteiger partial charge in [-0.2, -0.15) is 0 Å². The lowest BCUT2D eigenvalue weighted by Crippen LogP contribution is -2.69. The fourth-order valence-electron chi connectivity index (χ4n) is 3.79. The molecule has 2 aliphatic rings. The van der Waals surface area contributed by atoms with E-state index < -0.39 is 104 Å². The summed E-state index contributed by atoms with van der Waals surface area (Å²) in [6.45, 7) is 0.550. The van der Waals surface area contributed by atoms with E-state index in [2.05, 4.69) is 10.1 Å². The molecule has 16 nitrogen and oxygen atoms in total. The van der Waals surface area contributed by atoms with Crippen LogP contribution in [0.25, 0.3) is 0 Å². The Balaban J connectivity index is 2.39. The highest BCUT2D eigenvalue weighted by Crippen LogP contribution is 2.34. The smallest absolute Gasteiger partial charge is 0.364 e. The second-order valence-corrected chi connectivity index (χ2v) is 8.33. The number of carbonyl (C=O) groups is 3. The predicted octanol–water partition coefficient (Wildman–Crippen LogP) is -5.48. The highest BCUT2D eigenvalue weighted by atomic mass is 16.7. The number of hydrogen-bond donors (Lipinski definition) is 9. The van der Waals surface area contributed by atoms with E-state index in [9.17, 15) is 55.2 Å². The number of aliphatic hydroxyl groups excluding tert-OH is 6. The zero-order chi connectivity index (χ0) is 26.7. The van der Waals surface area contributed by atoms with Gasteiger partial charge in [0.25, 0.3) is 5.79 Å². The third-order valence-electron chi connectivity index (χ3n) is 5.61. The first-order chi connectivity index (χ1) is 16.2. The van der Waals surface area contributed by atoms with Crippen molar-refractivity contribution >= 4 is 17.8 Å². The fourth-order valence-corrected chi connectivity index (χ4v) is 3.79. The first-order valence-corrected chi connectivity index (χ1v) is 10.6. The minimum atomic E-state index is -3.03. The standard InChI is InChI=1S/C19H31NO15/c1-6(22)20-11-9(33-17-15(28)14(27)13(26)10(4-21)34-17)3-19(31,18(29)30)35-16(11)12(25)8(24)5-32-7(2)23/h8-17,21,24-28,31H,3-5H2,1-2H3,(H,20,22)(H,29,30)/t8-,9+,10-,11-,12-,13-,14+,15-,16-,17+,19-/m1/s1. The molecule has 0 aromatic rings. The first kappa shape index (κ1) is 29.2. The van der Waals surface area contributed by atoms with Crippen molar-refractivity contribution in [3.63, 3.8) is 0 Å². The van der Waals surface area contributed by atoms with Gasteiger partial charge in [-0.05, 0) is 0 Å². The van der Waals surface area contributed by atoms with Crippen LogP contribution in [0, 0.1) is 0 Å². The molecule has 202 valence electrons. The van der Waals surface area contributed by atoms with Gasteiger partial charge in [0.1, 0.15) is 49.3 Å². The minimum Gasteiger partial charge on any atom is -0.477 e. The van der Waals surface area contributed by atoms with Crippen LogP contribution in [-0.2, 0) is 33.3 Å². The fraction of sp³-hybridized carbons (Fsp3) is 0.842. The maximum absolute atomic E-state index is 11.9. The number of rotatable bonds is 9. The molecule has 2 saturated heterocycles. The van der Waals surface area contributed by atoms with Gasteiger partial charge in [-0.25, -0.2) is 4.79 Å². The lowest BCUT2D eigenvalue weighted by molar-refractivity contribution is -0.343. The molecule has 2 rings (SSSR count). The van der Waals surface area contributed by atoms with Crippen LogP contribution in [-0.4, -0.2) is 139 Å². The lowest BCUT2D eigenvalue weighted by Gasteiger charge is -2.48. The molecule has 1 amide bonds. The van der Waals surface area contributed by atoms with Gasteiger partial charge >= 0.3 is 11.9 Å². The zero-order valence-corrected chi connectivity index (χ0v) is 18.8. The minimum absolute atomic E-state index is 0.728. The number of amides is 1. The summed E-state index contributed by atoms with van der Waals surface area (Å²) >= 11 is 0. The van der Waals surface area contributed by atoms with Crippen LogP contribution in [0.4, 0.5) is 0 Å². The van der Waals surface area contributed by atoms with Crippen molar-refractivity contribution < 1.29 is 74.2 Å². The van der Waals surface area contributed by atoms with Crippen molar-refractivity contribution in [3.05, 3.63) is 0 Å². The van der Waals surface area contributed by atoms with Gasteiger partial charge < -0.3 is 65.1 Å². The van der Waals surface area contributed by atoms with E-state index in [-0.39, 0.29) is 0 Å². The van der Waals surface area contributed by atoms with Gasteiger partial charge in [0.05, 0.1) is 18.8 Å². The monoisotopic (exact) mass is 513 g/mol. The lowest BCUT2D eigenvalue weighted by atomic mass is 9.88. The largest absolute Gasteiger partial charge is 0.477 e. The van der Waals surface area contributed by atoms with Crippen LogP contribution in [0.3, 0.4) is 0 Å². The van der Waals surface area contributed by atoms with E-state index in [4.69, 9.17) is 14.2 Å².